The molecule has 0 heterocycles. The zero-order chi connectivity index (χ0) is 24.9. The van der Waals surface area contributed by atoms with Gasteiger partial charge in [0.15, 0.2) is 0 Å². The number of hydrogen-bond donors (Lipinski definition) is 0. The zero-order valence-electron chi connectivity index (χ0n) is 18.5. The Bertz CT molecular complexity index is 944. The summed E-state index contributed by atoms with van der Waals surface area (Å²) in [5, 5.41) is 0. The summed E-state index contributed by atoms with van der Waals surface area (Å²) in [5.74, 6) is 0.398. The molecule has 2 rings (SSSR count). The van der Waals surface area contributed by atoms with Gasteiger partial charge in [0.1, 0.15) is 0 Å². The molecule has 0 bridgehead atoms. The molecule has 2 unspecified atom stereocenters. The van der Waals surface area contributed by atoms with Crippen molar-refractivity contribution in [2.45, 2.75) is 43.5 Å². The molecule has 0 aliphatic heterocycles. The van der Waals surface area contributed by atoms with Crippen LogP contribution in [0.5, 0.6) is 11.5 Å². The number of hydrogen-bond acceptors (Lipinski definition) is 7. The Hall–Kier alpha value is -1.61. The average Bonchev–Trinajstić information content (AvgIpc) is 2.73. The van der Waals surface area contributed by atoms with Crippen LogP contribution in [0.15, 0.2) is 48.5 Å². The molecule has 2 atom stereocenters. The first-order chi connectivity index (χ1) is 15.4. The Morgan fingerprint density at radius 3 is 1.45 bits per heavy atom. The molecule has 0 aromatic heterocycles. The van der Waals surface area contributed by atoms with E-state index in [1.54, 1.807) is 27.7 Å². The molecule has 0 amide bonds. The molecule has 0 fully saturated rings. The van der Waals surface area contributed by atoms with E-state index in [9.17, 15) is 21.8 Å². The maximum absolute atomic E-state index is 16.3. The molecule has 2 aromatic carbocycles. The van der Waals surface area contributed by atoms with Gasteiger partial charge < -0.3 is 0 Å². The zero-order valence-corrected chi connectivity index (χ0v) is 21.4. The SMILES string of the molecule is CCOC(C)Oc1ccc([I-](F)(c2ccc(OC(C)OCC)cc2)C(F)(F)S(=O)(=O)[O-])cc1. The van der Waals surface area contributed by atoms with Crippen LogP contribution in [-0.4, -0.2) is 42.0 Å². The summed E-state index contributed by atoms with van der Waals surface area (Å²) in [4.78, 5) is 0. The molecule has 0 aliphatic carbocycles. The van der Waals surface area contributed by atoms with Gasteiger partial charge in [0.2, 0.25) is 0 Å². The molecule has 0 saturated heterocycles. The van der Waals surface area contributed by atoms with Gasteiger partial charge in [-0.15, -0.1) is 0 Å². The monoisotopic (exact) mass is 606 g/mol. The van der Waals surface area contributed by atoms with Gasteiger partial charge in [-0.1, -0.05) is 0 Å². The van der Waals surface area contributed by atoms with E-state index < -0.39 is 52.1 Å². The summed E-state index contributed by atoms with van der Waals surface area (Å²) >= 11 is -6.50. The molecule has 33 heavy (non-hydrogen) atoms. The number of rotatable bonds is 12. The van der Waals surface area contributed by atoms with Crippen molar-refractivity contribution in [2.75, 3.05) is 13.2 Å². The average molecular weight is 606 g/mol. The minimum atomic E-state index is -6.50. The Kier molecular flexibility index (Phi) is 9.39. The second kappa shape index (κ2) is 11.2. The molecular formula is C21H26F3IO7S-2. The van der Waals surface area contributed by atoms with Crippen LogP contribution >= 0.6 is 0 Å². The Morgan fingerprint density at radius 1 is 0.848 bits per heavy atom. The molecule has 0 radical (unpaired) electrons. The summed E-state index contributed by atoms with van der Waals surface area (Å²) in [7, 11) is -6.31. The van der Waals surface area contributed by atoms with Crippen LogP contribution in [0.25, 0.3) is 0 Å². The van der Waals surface area contributed by atoms with E-state index in [4.69, 9.17) is 18.9 Å². The van der Waals surface area contributed by atoms with Crippen molar-refractivity contribution < 1.29 is 62.6 Å². The quantitative estimate of drug-likeness (QED) is 0.156. The van der Waals surface area contributed by atoms with Gasteiger partial charge in [-0.25, -0.2) is 0 Å². The molecule has 0 aliphatic rings. The fourth-order valence-electron chi connectivity index (χ4n) is 2.80. The molecule has 0 N–H and O–H groups in total. The van der Waals surface area contributed by atoms with E-state index in [1.165, 1.54) is 24.3 Å². The summed E-state index contributed by atoms with van der Waals surface area (Å²) in [6.45, 7) is 7.49. The first-order valence-corrected chi connectivity index (χ1v) is 15.4. The van der Waals surface area contributed by atoms with E-state index in [0.29, 0.717) is 13.2 Å². The van der Waals surface area contributed by atoms with Crippen molar-refractivity contribution >= 4 is 10.1 Å². The Labute approximate surface area is 196 Å². The molecule has 7 nitrogen and oxygen atoms in total. The fourth-order valence-corrected chi connectivity index (χ4v) is 11.4. The second-order valence-corrected chi connectivity index (χ2v) is 15.4. The molecular weight excluding hydrogens is 580 g/mol. The maximum atomic E-state index is 16.3. The Morgan fingerprint density at radius 2 is 1.18 bits per heavy atom. The fraction of sp³-hybridized carbons (Fsp3) is 0.429. The number of benzene rings is 2. The van der Waals surface area contributed by atoms with Crippen LogP contribution in [0, 0.1) is 7.14 Å². The standard InChI is InChI=1S/C21H27F3IO7S/c1-5-29-15(3)31-19-11-7-17(8-12-19)25(24,21(22,23)33(26,27)28)18-9-13-20(14-10-18)32-16(4)30-6-2/h7-16H,5-6H2,1-4H3,(H,26,27,28)/q-1/p-1. The molecule has 188 valence electrons. The summed E-state index contributed by atoms with van der Waals surface area (Å²) in [6.07, 6.45) is -1.29. The van der Waals surface area contributed by atoms with Crippen molar-refractivity contribution in [3.63, 3.8) is 0 Å². The second-order valence-electron chi connectivity index (χ2n) is 6.59. The summed E-state index contributed by atoms with van der Waals surface area (Å²) < 4.78 is 95.4. The van der Waals surface area contributed by atoms with Gasteiger partial charge in [0, 0.05) is 0 Å². The van der Waals surface area contributed by atoms with Crippen molar-refractivity contribution in [2.24, 2.45) is 0 Å². The van der Waals surface area contributed by atoms with Crippen LogP contribution in [0.2, 0.25) is 0 Å². The third-order valence-electron chi connectivity index (χ3n) is 4.22. The number of halogens is 4. The normalized spacial score (nSPS) is 17.0. The van der Waals surface area contributed by atoms with E-state index in [2.05, 4.69) is 0 Å². The minimum absolute atomic E-state index is 0.199. The van der Waals surface area contributed by atoms with E-state index in [-0.39, 0.29) is 11.5 Å². The van der Waals surface area contributed by atoms with Gasteiger partial charge in [-0.3, -0.25) is 0 Å². The van der Waals surface area contributed by atoms with Gasteiger partial charge in [0.05, 0.1) is 0 Å². The first-order valence-electron chi connectivity index (χ1n) is 9.93. The van der Waals surface area contributed by atoms with Crippen LogP contribution in [-0.2, 0) is 19.6 Å². The van der Waals surface area contributed by atoms with Crippen molar-refractivity contribution in [1.82, 2.24) is 0 Å². The summed E-state index contributed by atoms with van der Waals surface area (Å²) in [6, 6.07) is 8.90. The van der Waals surface area contributed by atoms with Crippen molar-refractivity contribution in [3.05, 3.63) is 55.7 Å². The van der Waals surface area contributed by atoms with Gasteiger partial charge in [-0.2, -0.15) is 0 Å². The topological polar surface area (TPSA) is 94.1 Å². The summed E-state index contributed by atoms with van der Waals surface area (Å²) in [5.41, 5.74) is 0. The third-order valence-corrected chi connectivity index (χ3v) is 14.4. The van der Waals surface area contributed by atoms with Crippen LogP contribution in [0.4, 0.5) is 11.6 Å². The molecule has 0 spiro atoms. The molecule has 0 saturated carbocycles. The third kappa shape index (κ3) is 6.29. The van der Waals surface area contributed by atoms with Crippen LogP contribution < -0.4 is 28.5 Å². The Balaban J connectivity index is 2.48. The van der Waals surface area contributed by atoms with Gasteiger partial charge >= 0.3 is 197 Å². The van der Waals surface area contributed by atoms with Crippen molar-refractivity contribution in [1.29, 1.82) is 0 Å². The van der Waals surface area contributed by atoms with E-state index in [0.717, 1.165) is 24.3 Å². The molecule has 2 aromatic rings. The predicted octanol–water partition coefficient (Wildman–Crippen LogP) is 1.39. The molecule has 12 heteroatoms. The van der Waals surface area contributed by atoms with Crippen LogP contribution in [0.3, 0.4) is 0 Å². The number of alkyl halides is 3. The van der Waals surface area contributed by atoms with Crippen molar-refractivity contribution in [3.8, 4) is 11.5 Å². The van der Waals surface area contributed by atoms with Crippen LogP contribution in [0.1, 0.15) is 27.7 Å². The first kappa shape index (κ1) is 27.6. The van der Waals surface area contributed by atoms with Gasteiger partial charge in [-0.05, 0) is 0 Å². The van der Waals surface area contributed by atoms with E-state index in [1.807, 2.05) is 0 Å². The van der Waals surface area contributed by atoms with Gasteiger partial charge in [0.25, 0.3) is 0 Å². The van der Waals surface area contributed by atoms with E-state index >= 15 is 2.86 Å². The predicted molar refractivity (Wildman–Crippen MR) is 109 cm³/mol. The number of ether oxygens (including phenoxy) is 4.